The van der Waals surface area contributed by atoms with Gasteiger partial charge in [-0.3, -0.25) is 0 Å². The Morgan fingerprint density at radius 2 is 1.90 bits per heavy atom. The van der Waals surface area contributed by atoms with Gasteiger partial charge in [0.05, 0.1) is 0 Å². The average molecular weight is 163 g/mol. The van der Waals surface area contributed by atoms with Crippen LogP contribution < -0.4 is 0 Å². The van der Waals surface area contributed by atoms with Gasteiger partial charge in [-0.05, 0) is 16.9 Å². The van der Waals surface area contributed by atoms with E-state index in [2.05, 4.69) is 13.8 Å². The molecule has 0 heterocycles. The monoisotopic (exact) mass is 163 g/mol. The van der Waals surface area contributed by atoms with Crippen LogP contribution in [0.3, 0.4) is 0 Å². The summed E-state index contributed by atoms with van der Waals surface area (Å²) in [4.78, 5) is 8.54. The van der Waals surface area contributed by atoms with Gasteiger partial charge in [0.2, 0.25) is 0 Å². The normalized spacial score (nSPS) is 15.5. The predicted octanol–water partition coefficient (Wildman–Crippen LogP) is 2.40. The van der Waals surface area contributed by atoms with Crippen molar-refractivity contribution in [2.45, 2.75) is 27.2 Å². The molecule has 2 atom stereocenters. The van der Waals surface area contributed by atoms with Gasteiger partial charge < -0.3 is 0 Å². The van der Waals surface area contributed by atoms with Crippen molar-refractivity contribution in [3.8, 4) is 0 Å². The Kier molecular flexibility index (Phi) is 4.84. The zero-order valence-corrected chi connectivity index (χ0v) is 7.77. The number of rotatable bonds is 4. The summed E-state index contributed by atoms with van der Waals surface area (Å²) in [5, 5.41) is 0. The van der Waals surface area contributed by atoms with Crippen molar-refractivity contribution in [2.75, 3.05) is 6.16 Å². The summed E-state index contributed by atoms with van der Waals surface area (Å²) in [7, 11) is -1.92. The average Bonchev–Trinajstić information content (AvgIpc) is 1.58. The Bertz CT molecular complexity index is 112. The minimum absolute atomic E-state index is 0.383. The van der Waals surface area contributed by atoms with E-state index in [0.29, 0.717) is 18.0 Å². The fourth-order valence-corrected chi connectivity index (χ4v) is 1.83. The number of hydrogen-bond donors (Lipinski definition) is 1. The smallest absolute Gasteiger partial charge is 0.161 e. The van der Waals surface area contributed by atoms with Crippen molar-refractivity contribution in [1.29, 1.82) is 0 Å². The van der Waals surface area contributed by atoms with Gasteiger partial charge in [0.1, 0.15) is 0 Å². The molecule has 0 bridgehead atoms. The maximum atomic E-state index is 10.3. The Morgan fingerprint density at radius 1 is 1.40 bits per heavy atom. The largest absolute Gasteiger partial charge is 0.505 e. The quantitative estimate of drug-likeness (QED) is 0.646. The van der Waals surface area contributed by atoms with Crippen LogP contribution in [0.2, 0.25) is 0 Å². The fraction of sp³-hybridized carbons (Fsp3) is 1.00. The van der Waals surface area contributed by atoms with Crippen molar-refractivity contribution in [2.24, 2.45) is 11.8 Å². The predicted molar refractivity (Wildman–Crippen MR) is 43.3 cm³/mol. The fourth-order valence-electron chi connectivity index (χ4n) is 1.15. The van der Waals surface area contributed by atoms with Gasteiger partial charge in [0, 0.05) is 5.92 Å². The van der Waals surface area contributed by atoms with Crippen molar-refractivity contribution in [1.82, 2.24) is 0 Å². The maximum absolute atomic E-state index is 10.3. The molecule has 0 radical (unpaired) electrons. The van der Waals surface area contributed by atoms with E-state index in [9.17, 15) is 4.57 Å². The van der Waals surface area contributed by atoms with Gasteiger partial charge in [-0.15, -0.1) is 0 Å². The summed E-state index contributed by atoms with van der Waals surface area (Å²) in [6.07, 6.45) is 1.50. The molecule has 3 heteroatoms. The molecule has 0 spiro atoms. The molecular formula is C7H16O2P+. The SMILES string of the molecule is CC(C)CC(C)C[P+](=O)O. The topological polar surface area (TPSA) is 37.3 Å². The summed E-state index contributed by atoms with van der Waals surface area (Å²) in [5.41, 5.74) is 0. The summed E-state index contributed by atoms with van der Waals surface area (Å²) in [5.74, 6) is 1.01. The van der Waals surface area contributed by atoms with Crippen LogP contribution in [0.15, 0.2) is 0 Å². The van der Waals surface area contributed by atoms with Gasteiger partial charge in [0.15, 0.2) is 6.16 Å². The van der Waals surface area contributed by atoms with Crippen LogP contribution in [0.5, 0.6) is 0 Å². The third-order valence-corrected chi connectivity index (χ3v) is 2.28. The van der Waals surface area contributed by atoms with Crippen molar-refractivity contribution in [3.63, 3.8) is 0 Å². The van der Waals surface area contributed by atoms with E-state index in [4.69, 9.17) is 4.89 Å². The van der Waals surface area contributed by atoms with Crippen molar-refractivity contribution >= 4 is 8.03 Å². The van der Waals surface area contributed by atoms with Crippen LogP contribution in [0.1, 0.15) is 27.2 Å². The highest BCUT2D eigenvalue weighted by molar-refractivity contribution is 7.37. The second kappa shape index (κ2) is 4.81. The molecule has 60 valence electrons. The van der Waals surface area contributed by atoms with Crippen LogP contribution in [0.25, 0.3) is 0 Å². The highest BCUT2D eigenvalue weighted by Gasteiger charge is 2.17. The van der Waals surface area contributed by atoms with Gasteiger partial charge in [-0.25, -0.2) is 0 Å². The lowest BCUT2D eigenvalue weighted by Gasteiger charge is -2.06. The molecule has 0 aromatic carbocycles. The molecule has 2 unspecified atom stereocenters. The van der Waals surface area contributed by atoms with E-state index in [1.54, 1.807) is 0 Å². The summed E-state index contributed by atoms with van der Waals surface area (Å²) in [6, 6.07) is 0. The van der Waals surface area contributed by atoms with E-state index in [0.717, 1.165) is 6.42 Å². The van der Waals surface area contributed by atoms with Crippen LogP contribution >= 0.6 is 8.03 Å². The van der Waals surface area contributed by atoms with Crippen LogP contribution in [0, 0.1) is 11.8 Å². The van der Waals surface area contributed by atoms with E-state index in [1.807, 2.05) is 6.92 Å². The first-order valence-corrected chi connectivity index (χ1v) is 5.05. The minimum atomic E-state index is -1.92. The maximum Gasteiger partial charge on any atom is 0.505 e. The van der Waals surface area contributed by atoms with Crippen LogP contribution in [-0.2, 0) is 4.57 Å². The second-order valence-electron chi connectivity index (χ2n) is 3.27. The molecule has 0 saturated carbocycles. The molecule has 0 fully saturated rings. The first-order chi connectivity index (χ1) is 4.52. The lowest BCUT2D eigenvalue weighted by Crippen LogP contribution is -2.02. The van der Waals surface area contributed by atoms with Gasteiger partial charge in [-0.1, -0.05) is 20.8 Å². The molecule has 1 N–H and O–H groups in total. The Hall–Kier alpha value is 0.0600. The second-order valence-corrected chi connectivity index (χ2v) is 4.34. The van der Waals surface area contributed by atoms with Crippen LogP contribution in [0.4, 0.5) is 0 Å². The molecule has 0 rings (SSSR count). The Balaban J connectivity index is 3.43. The van der Waals surface area contributed by atoms with E-state index in [-0.39, 0.29) is 0 Å². The molecule has 0 saturated heterocycles. The zero-order chi connectivity index (χ0) is 8.15. The first kappa shape index (κ1) is 10.1. The van der Waals surface area contributed by atoms with Crippen molar-refractivity contribution < 1.29 is 9.46 Å². The zero-order valence-electron chi connectivity index (χ0n) is 6.87. The summed E-state index contributed by atoms with van der Waals surface area (Å²) in [6.45, 7) is 6.27. The highest BCUT2D eigenvalue weighted by atomic mass is 31.1. The summed E-state index contributed by atoms with van der Waals surface area (Å²) >= 11 is 0. The number of hydrogen-bond acceptors (Lipinski definition) is 1. The van der Waals surface area contributed by atoms with E-state index in [1.165, 1.54) is 0 Å². The molecule has 0 amide bonds. The lowest BCUT2D eigenvalue weighted by molar-refractivity contribution is 0.446. The highest BCUT2D eigenvalue weighted by Crippen LogP contribution is 2.22. The van der Waals surface area contributed by atoms with Crippen molar-refractivity contribution in [3.05, 3.63) is 0 Å². The standard InChI is InChI=1S/C7H15O2P/c1-6(2)4-7(3)5-10(8)9/h6-7H,4-5H2,1-3H3/p+1. The third-order valence-electron chi connectivity index (χ3n) is 1.34. The van der Waals surface area contributed by atoms with Gasteiger partial charge >= 0.3 is 8.03 Å². The molecule has 2 nitrogen and oxygen atoms in total. The van der Waals surface area contributed by atoms with E-state index < -0.39 is 8.03 Å². The summed E-state index contributed by atoms with van der Waals surface area (Å²) < 4.78 is 10.3. The molecule has 0 aliphatic rings. The van der Waals surface area contributed by atoms with Gasteiger partial charge in [-0.2, -0.15) is 4.89 Å². The third kappa shape index (κ3) is 6.18. The molecule has 0 aliphatic heterocycles. The van der Waals surface area contributed by atoms with E-state index >= 15 is 0 Å². The lowest BCUT2D eigenvalue weighted by atomic mass is 10.0. The Morgan fingerprint density at radius 3 is 2.20 bits per heavy atom. The molecule has 0 aromatic rings. The molecule has 0 aromatic heterocycles. The Labute approximate surface area is 63.5 Å². The van der Waals surface area contributed by atoms with Crippen LogP contribution in [-0.4, -0.2) is 11.1 Å². The molecular weight excluding hydrogens is 147 g/mol. The van der Waals surface area contributed by atoms with Gasteiger partial charge in [0.25, 0.3) is 0 Å². The molecule has 0 aliphatic carbocycles. The minimum Gasteiger partial charge on any atom is -0.161 e. The first-order valence-electron chi connectivity index (χ1n) is 3.66. The molecule has 10 heavy (non-hydrogen) atoms.